The lowest BCUT2D eigenvalue weighted by Gasteiger charge is -2.21. The Morgan fingerprint density at radius 3 is 2.61 bits per heavy atom. The second-order valence-corrected chi connectivity index (χ2v) is 7.99. The van der Waals surface area contributed by atoms with E-state index in [-0.39, 0.29) is 5.60 Å². The number of pyridine rings is 1. The molecule has 3 nitrogen and oxygen atoms in total. The van der Waals surface area contributed by atoms with E-state index in [1.807, 2.05) is 30.6 Å². The van der Waals surface area contributed by atoms with Crippen LogP contribution in [-0.2, 0) is 16.9 Å². The number of halogens is 2. The van der Waals surface area contributed by atoms with Crippen LogP contribution in [0.5, 0.6) is 5.75 Å². The number of hydrogen-bond donors (Lipinski definition) is 0. The summed E-state index contributed by atoms with van der Waals surface area (Å²) >= 11 is 12.4. The molecule has 3 aromatic rings. The molecule has 4 rings (SSSR count). The summed E-state index contributed by atoms with van der Waals surface area (Å²) in [6.07, 6.45) is 5.60. The van der Waals surface area contributed by atoms with Gasteiger partial charge in [-0.05, 0) is 66.8 Å². The molecule has 1 heterocycles. The van der Waals surface area contributed by atoms with Crippen molar-refractivity contribution in [3.8, 4) is 16.9 Å². The molecule has 1 aliphatic rings. The van der Waals surface area contributed by atoms with E-state index in [1.165, 1.54) is 0 Å². The number of hydrogen-bond acceptors (Lipinski definition) is 3. The summed E-state index contributed by atoms with van der Waals surface area (Å²) in [4.78, 5) is 4.37. The zero-order chi connectivity index (χ0) is 19.7. The number of aryl methyl sites for hydroxylation is 1. The van der Waals surface area contributed by atoms with Crippen LogP contribution in [0.15, 0.2) is 54.9 Å². The monoisotopic (exact) mass is 413 g/mol. The van der Waals surface area contributed by atoms with Crippen LogP contribution in [-0.4, -0.2) is 12.1 Å². The van der Waals surface area contributed by atoms with Crippen LogP contribution in [0.2, 0.25) is 10.0 Å². The van der Waals surface area contributed by atoms with Crippen molar-refractivity contribution in [1.82, 2.24) is 4.98 Å². The lowest BCUT2D eigenvalue weighted by Crippen LogP contribution is -2.14. The normalized spacial score (nSPS) is 14.7. The van der Waals surface area contributed by atoms with Gasteiger partial charge in [0, 0.05) is 33.6 Å². The van der Waals surface area contributed by atoms with Crippen molar-refractivity contribution in [1.29, 1.82) is 0 Å². The largest absolute Gasteiger partial charge is 0.496 e. The topological polar surface area (TPSA) is 31.4 Å². The van der Waals surface area contributed by atoms with Crippen molar-refractivity contribution in [3.63, 3.8) is 0 Å². The van der Waals surface area contributed by atoms with Gasteiger partial charge in [0.2, 0.25) is 0 Å². The van der Waals surface area contributed by atoms with E-state index < -0.39 is 0 Å². The van der Waals surface area contributed by atoms with E-state index in [1.54, 1.807) is 19.2 Å². The fourth-order valence-corrected chi connectivity index (χ4v) is 3.85. The minimum atomic E-state index is -0.356. The van der Waals surface area contributed by atoms with E-state index >= 15 is 0 Å². The predicted molar refractivity (Wildman–Crippen MR) is 113 cm³/mol. The maximum atomic E-state index is 6.38. The molecule has 0 amide bonds. The molecule has 0 bridgehead atoms. The second-order valence-electron chi connectivity index (χ2n) is 7.14. The molecule has 1 saturated carbocycles. The van der Waals surface area contributed by atoms with Gasteiger partial charge in [0.1, 0.15) is 5.75 Å². The van der Waals surface area contributed by atoms with E-state index in [2.05, 4.69) is 24.0 Å². The van der Waals surface area contributed by atoms with Crippen LogP contribution < -0.4 is 4.74 Å². The fraction of sp³-hybridized carbons (Fsp3) is 0.261. The predicted octanol–water partition coefficient (Wildman–Crippen LogP) is 6.58. The SMILES string of the molecule is COc1cc(C)ccc1-c1ccncc1C1(OCc2cc(Cl)ccc2Cl)CC1. The minimum absolute atomic E-state index is 0.356. The number of benzene rings is 2. The first-order chi connectivity index (χ1) is 13.5. The van der Waals surface area contributed by atoms with Crippen LogP contribution in [0.1, 0.15) is 29.5 Å². The van der Waals surface area contributed by atoms with Crippen molar-refractivity contribution in [2.24, 2.45) is 0 Å². The van der Waals surface area contributed by atoms with Gasteiger partial charge in [-0.25, -0.2) is 0 Å². The van der Waals surface area contributed by atoms with Crippen LogP contribution in [0, 0.1) is 6.92 Å². The third-order valence-corrected chi connectivity index (χ3v) is 5.78. The summed E-state index contributed by atoms with van der Waals surface area (Å²) in [5, 5.41) is 1.31. The Balaban J connectivity index is 1.68. The van der Waals surface area contributed by atoms with Gasteiger partial charge in [0.15, 0.2) is 0 Å². The highest BCUT2D eigenvalue weighted by Gasteiger charge is 2.47. The average molecular weight is 414 g/mol. The summed E-state index contributed by atoms with van der Waals surface area (Å²) in [5.74, 6) is 0.848. The highest BCUT2D eigenvalue weighted by Crippen LogP contribution is 2.53. The van der Waals surface area contributed by atoms with Crippen molar-refractivity contribution < 1.29 is 9.47 Å². The van der Waals surface area contributed by atoms with E-state index in [9.17, 15) is 0 Å². The number of methoxy groups -OCH3 is 1. The first kappa shape index (κ1) is 19.3. The first-order valence-corrected chi connectivity index (χ1v) is 9.95. The minimum Gasteiger partial charge on any atom is -0.496 e. The van der Waals surface area contributed by atoms with E-state index in [0.29, 0.717) is 16.7 Å². The van der Waals surface area contributed by atoms with Crippen LogP contribution in [0.3, 0.4) is 0 Å². The molecular formula is C23H21Cl2NO2. The Kier molecular flexibility index (Phi) is 5.33. The van der Waals surface area contributed by atoms with Gasteiger partial charge in [-0.1, -0.05) is 35.3 Å². The Morgan fingerprint density at radius 2 is 1.86 bits per heavy atom. The maximum Gasteiger partial charge on any atom is 0.126 e. The highest BCUT2D eigenvalue weighted by molar-refractivity contribution is 6.33. The summed E-state index contributed by atoms with van der Waals surface area (Å²) in [6, 6.07) is 13.7. The van der Waals surface area contributed by atoms with E-state index in [0.717, 1.165) is 46.4 Å². The van der Waals surface area contributed by atoms with Gasteiger partial charge in [0.05, 0.1) is 19.3 Å². The Bertz CT molecular complexity index is 1020. The number of nitrogens with zero attached hydrogens (tertiary/aromatic N) is 1. The molecule has 0 aliphatic heterocycles. The molecule has 0 unspecified atom stereocenters. The zero-order valence-electron chi connectivity index (χ0n) is 15.8. The standard InChI is InChI=1S/C23H21Cl2NO2/c1-15-3-5-19(22(11-15)27-2)18-7-10-26-13-20(18)23(8-9-23)28-14-16-12-17(24)4-6-21(16)25/h3-7,10-13H,8-9,14H2,1-2H3. The second kappa shape index (κ2) is 7.75. The molecule has 0 atom stereocenters. The zero-order valence-corrected chi connectivity index (χ0v) is 17.3. The summed E-state index contributed by atoms with van der Waals surface area (Å²) in [6.45, 7) is 2.46. The Hall–Kier alpha value is -2.07. The van der Waals surface area contributed by atoms with Gasteiger partial charge in [-0.3, -0.25) is 4.98 Å². The quantitative estimate of drug-likeness (QED) is 0.457. The number of ether oxygens (including phenoxy) is 2. The van der Waals surface area contributed by atoms with Gasteiger partial charge >= 0.3 is 0 Å². The lowest BCUT2D eigenvalue weighted by atomic mass is 9.95. The van der Waals surface area contributed by atoms with Crippen molar-refractivity contribution in [2.45, 2.75) is 32.0 Å². The van der Waals surface area contributed by atoms with Crippen molar-refractivity contribution in [3.05, 3.63) is 81.6 Å². The Morgan fingerprint density at radius 1 is 1.04 bits per heavy atom. The molecule has 0 saturated heterocycles. The molecule has 1 aliphatic carbocycles. The maximum absolute atomic E-state index is 6.38. The van der Waals surface area contributed by atoms with Crippen LogP contribution >= 0.6 is 23.2 Å². The number of aromatic nitrogens is 1. The number of rotatable bonds is 6. The molecular weight excluding hydrogens is 393 g/mol. The summed E-state index contributed by atoms with van der Waals surface area (Å²) < 4.78 is 12.0. The molecule has 0 spiro atoms. The first-order valence-electron chi connectivity index (χ1n) is 9.20. The molecule has 1 fully saturated rings. The van der Waals surface area contributed by atoms with Crippen LogP contribution in [0.25, 0.3) is 11.1 Å². The summed E-state index contributed by atoms with van der Waals surface area (Å²) in [5.41, 5.74) is 4.89. The third-order valence-electron chi connectivity index (χ3n) is 5.17. The fourth-order valence-electron chi connectivity index (χ4n) is 3.49. The molecule has 2 aromatic carbocycles. The van der Waals surface area contributed by atoms with Gasteiger partial charge in [-0.15, -0.1) is 0 Å². The van der Waals surface area contributed by atoms with Gasteiger partial charge in [0.25, 0.3) is 0 Å². The highest BCUT2D eigenvalue weighted by atomic mass is 35.5. The van der Waals surface area contributed by atoms with Crippen LogP contribution in [0.4, 0.5) is 0 Å². The van der Waals surface area contributed by atoms with Gasteiger partial charge < -0.3 is 9.47 Å². The van der Waals surface area contributed by atoms with Crippen molar-refractivity contribution >= 4 is 23.2 Å². The van der Waals surface area contributed by atoms with Crippen molar-refractivity contribution in [2.75, 3.05) is 7.11 Å². The molecule has 0 N–H and O–H groups in total. The molecule has 28 heavy (non-hydrogen) atoms. The molecule has 0 radical (unpaired) electrons. The molecule has 1 aromatic heterocycles. The molecule has 144 valence electrons. The smallest absolute Gasteiger partial charge is 0.126 e. The van der Waals surface area contributed by atoms with Gasteiger partial charge in [-0.2, -0.15) is 0 Å². The van der Waals surface area contributed by atoms with E-state index in [4.69, 9.17) is 32.7 Å². The lowest BCUT2D eigenvalue weighted by molar-refractivity contribution is 0.0174. The summed E-state index contributed by atoms with van der Waals surface area (Å²) in [7, 11) is 1.70. The Labute approximate surface area is 175 Å². The molecule has 5 heteroatoms. The average Bonchev–Trinajstić information content (AvgIpc) is 3.49. The third kappa shape index (κ3) is 3.75.